The Balaban J connectivity index is 1.46. The van der Waals surface area contributed by atoms with Gasteiger partial charge in [-0.15, -0.1) is 0 Å². The monoisotopic (exact) mass is 303 g/mol. The molecule has 1 N–H and O–H groups in total. The Kier molecular flexibility index (Phi) is 3.47. The van der Waals surface area contributed by atoms with E-state index >= 15 is 0 Å². The van der Waals surface area contributed by atoms with Gasteiger partial charge < -0.3 is 10.1 Å². The van der Waals surface area contributed by atoms with Crippen molar-refractivity contribution in [3.63, 3.8) is 0 Å². The predicted molar refractivity (Wildman–Crippen MR) is 87.4 cm³/mol. The van der Waals surface area contributed by atoms with Crippen molar-refractivity contribution in [2.24, 2.45) is 0 Å². The van der Waals surface area contributed by atoms with E-state index in [0.717, 1.165) is 22.4 Å². The molecule has 4 rings (SSSR count). The van der Waals surface area contributed by atoms with Crippen LogP contribution < -0.4 is 10.1 Å². The summed E-state index contributed by atoms with van der Waals surface area (Å²) in [6.07, 6.45) is 4.03. The number of thiazole rings is 1. The molecule has 2 aromatic rings. The maximum absolute atomic E-state index is 5.56. The van der Waals surface area contributed by atoms with E-state index in [4.69, 9.17) is 9.72 Å². The maximum Gasteiger partial charge on any atom is 0.184 e. The molecule has 1 saturated heterocycles. The van der Waals surface area contributed by atoms with Gasteiger partial charge in [-0.25, -0.2) is 4.98 Å². The summed E-state index contributed by atoms with van der Waals surface area (Å²) in [6.45, 7) is 5.12. The zero-order valence-electron chi connectivity index (χ0n) is 12.3. The van der Waals surface area contributed by atoms with E-state index in [2.05, 4.69) is 16.3 Å². The number of hydrogen-bond donors (Lipinski definition) is 1. The molecule has 0 spiro atoms. The van der Waals surface area contributed by atoms with Crippen LogP contribution in [0.4, 0.5) is 5.13 Å². The van der Waals surface area contributed by atoms with Crippen LogP contribution in [-0.4, -0.2) is 41.7 Å². The number of nitrogens with one attached hydrogen (secondary N) is 1. The van der Waals surface area contributed by atoms with Gasteiger partial charge in [0.2, 0.25) is 0 Å². The standard InChI is InChI=1S/C16H21N3OS/c1-2-20-13-5-6-14-15(9-13)21-16(18-14)17-11-7-8-19(10-11)12-3-4-12/h5-6,9,11-12H,2-4,7-8,10H2,1H3,(H,17,18). The summed E-state index contributed by atoms with van der Waals surface area (Å²) in [4.78, 5) is 7.32. The van der Waals surface area contributed by atoms with Gasteiger partial charge in [0.25, 0.3) is 0 Å². The van der Waals surface area contributed by atoms with Gasteiger partial charge in [0.1, 0.15) is 5.75 Å². The third-order valence-corrected chi connectivity index (χ3v) is 5.23. The van der Waals surface area contributed by atoms with Crippen LogP contribution in [0.3, 0.4) is 0 Å². The molecule has 1 atom stereocenters. The zero-order valence-corrected chi connectivity index (χ0v) is 13.2. The molecular weight excluding hydrogens is 282 g/mol. The maximum atomic E-state index is 5.56. The molecule has 1 aromatic heterocycles. The molecular formula is C16H21N3OS. The van der Waals surface area contributed by atoms with Crippen LogP contribution in [0.25, 0.3) is 10.2 Å². The molecule has 1 aliphatic carbocycles. The van der Waals surface area contributed by atoms with E-state index in [1.165, 1.54) is 37.1 Å². The number of aromatic nitrogens is 1. The van der Waals surface area contributed by atoms with Crippen LogP contribution in [0.1, 0.15) is 26.2 Å². The fourth-order valence-corrected chi connectivity index (χ4v) is 4.05. The quantitative estimate of drug-likeness (QED) is 0.919. The van der Waals surface area contributed by atoms with Crippen LogP contribution in [0.2, 0.25) is 0 Å². The molecule has 1 aliphatic heterocycles. The molecule has 5 heteroatoms. The smallest absolute Gasteiger partial charge is 0.184 e. The number of rotatable bonds is 5. The number of fused-ring (bicyclic) bond motifs is 1. The van der Waals surface area contributed by atoms with E-state index < -0.39 is 0 Å². The average Bonchev–Trinajstić information content (AvgIpc) is 3.09. The Labute approximate surface area is 129 Å². The molecule has 2 fully saturated rings. The molecule has 2 aliphatic rings. The molecule has 4 nitrogen and oxygen atoms in total. The Morgan fingerprint density at radius 2 is 2.29 bits per heavy atom. The van der Waals surface area contributed by atoms with Crippen LogP contribution in [0, 0.1) is 0 Å². The molecule has 1 unspecified atom stereocenters. The first-order valence-electron chi connectivity index (χ1n) is 7.86. The number of nitrogens with zero attached hydrogens (tertiary/aromatic N) is 2. The van der Waals surface area contributed by atoms with Gasteiger partial charge in [-0.2, -0.15) is 0 Å². The lowest BCUT2D eigenvalue weighted by molar-refractivity contribution is 0.326. The Morgan fingerprint density at radius 1 is 1.38 bits per heavy atom. The molecule has 112 valence electrons. The lowest BCUT2D eigenvalue weighted by Gasteiger charge is -2.15. The van der Waals surface area contributed by atoms with Gasteiger partial charge in [-0.3, -0.25) is 4.90 Å². The van der Waals surface area contributed by atoms with Crippen molar-refractivity contribution in [2.45, 2.75) is 38.3 Å². The normalized spacial score (nSPS) is 22.8. The minimum absolute atomic E-state index is 0.553. The van der Waals surface area contributed by atoms with Crippen molar-refractivity contribution in [3.05, 3.63) is 18.2 Å². The van der Waals surface area contributed by atoms with Crippen LogP contribution in [0.5, 0.6) is 5.75 Å². The fourth-order valence-electron chi connectivity index (χ4n) is 3.07. The number of benzene rings is 1. The third kappa shape index (κ3) is 2.85. The zero-order chi connectivity index (χ0) is 14.2. The van der Waals surface area contributed by atoms with E-state index in [1.807, 2.05) is 19.1 Å². The summed E-state index contributed by atoms with van der Waals surface area (Å²) in [7, 11) is 0. The van der Waals surface area contributed by atoms with Crippen molar-refractivity contribution in [1.82, 2.24) is 9.88 Å². The lowest BCUT2D eigenvalue weighted by atomic mass is 10.3. The second-order valence-electron chi connectivity index (χ2n) is 5.94. The topological polar surface area (TPSA) is 37.4 Å². The lowest BCUT2D eigenvalue weighted by Crippen LogP contribution is -2.27. The number of anilines is 1. The van der Waals surface area contributed by atoms with Gasteiger partial charge in [0.15, 0.2) is 5.13 Å². The number of ether oxygens (including phenoxy) is 1. The third-order valence-electron chi connectivity index (χ3n) is 4.28. The molecule has 21 heavy (non-hydrogen) atoms. The molecule has 2 heterocycles. The first kappa shape index (κ1) is 13.3. The van der Waals surface area contributed by atoms with Crippen molar-refractivity contribution in [3.8, 4) is 5.75 Å². The highest BCUT2D eigenvalue weighted by atomic mass is 32.1. The first-order valence-corrected chi connectivity index (χ1v) is 8.67. The summed E-state index contributed by atoms with van der Waals surface area (Å²) in [6, 6.07) is 7.57. The Hall–Kier alpha value is -1.33. The summed E-state index contributed by atoms with van der Waals surface area (Å²) >= 11 is 1.73. The second-order valence-corrected chi connectivity index (χ2v) is 6.97. The number of likely N-dealkylation sites (tertiary alicyclic amines) is 1. The fraction of sp³-hybridized carbons (Fsp3) is 0.562. The number of hydrogen-bond acceptors (Lipinski definition) is 5. The van der Waals surface area contributed by atoms with Gasteiger partial charge in [0.05, 0.1) is 16.8 Å². The molecule has 0 radical (unpaired) electrons. The minimum atomic E-state index is 0.553. The molecule has 0 bridgehead atoms. The second kappa shape index (κ2) is 5.46. The van der Waals surface area contributed by atoms with Gasteiger partial charge >= 0.3 is 0 Å². The largest absolute Gasteiger partial charge is 0.494 e. The van der Waals surface area contributed by atoms with Crippen LogP contribution >= 0.6 is 11.3 Å². The van der Waals surface area contributed by atoms with E-state index in [-0.39, 0.29) is 0 Å². The van der Waals surface area contributed by atoms with E-state index in [0.29, 0.717) is 12.6 Å². The highest BCUT2D eigenvalue weighted by Crippen LogP contribution is 2.33. The van der Waals surface area contributed by atoms with Crippen molar-refractivity contribution in [2.75, 3.05) is 25.0 Å². The summed E-state index contributed by atoms with van der Waals surface area (Å²) < 4.78 is 6.75. The van der Waals surface area contributed by atoms with E-state index in [1.54, 1.807) is 11.3 Å². The summed E-state index contributed by atoms with van der Waals surface area (Å²) in [5, 5.41) is 4.66. The molecule has 0 amide bonds. The minimum Gasteiger partial charge on any atom is -0.494 e. The summed E-state index contributed by atoms with van der Waals surface area (Å²) in [5.41, 5.74) is 1.06. The highest BCUT2D eigenvalue weighted by Gasteiger charge is 2.34. The SMILES string of the molecule is CCOc1ccc2nc(NC3CCN(C4CC4)C3)sc2c1. The van der Waals surface area contributed by atoms with Gasteiger partial charge in [-0.1, -0.05) is 11.3 Å². The van der Waals surface area contributed by atoms with Crippen molar-refractivity contribution >= 4 is 26.7 Å². The Bertz CT molecular complexity index is 637. The first-order chi connectivity index (χ1) is 10.3. The van der Waals surface area contributed by atoms with Crippen molar-refractivity contribution < 1.29 is 4.74 Å². The van der Waals surface area contributed by atoms with Crippen LogP contribution in [-0.2, 0) is 0 Å². The van der Waals surface area contributed by atoms with Gasteiger partial charge in [0, 0.05) is 25.2 Å². The Morgan fingerprint density at radius 3 is 3.10 bits per heavy atom. The highest BCUT2D eigenvalue weighted by molar-refractivity contribution is 7.22. The summed E-state index contributed by atoms with van der Waals surface area (Å²) in [5.74, 6) is 0.931. The van der Waals surface area contributed by atoms with Gasteiger partial charge in [-0.05, 0) is 44.4 Å². The molecule has 1 saturated carbocycles. The van der Waals surface area contributed by atoms with Crippen molar-refractivity contribution in [1.29, 1.82) is 0 Å². The van der Waals surface area contributed by atoms with Crippen LogP contribution in [0.15, 0.2) is 18.2 Å². The molecule has 1 aromatic carbocycles. The van der Waals surface area contributed by atoms with E-state index in [9.17, 15) is 0 Å². The average molecular weight is 303 g/mol. The predicted octanol–water partition coefficient (Wildman–Crippen LogP) is 3.34.